The molecule has 7 nitrogen and oxygen atoms in total. The molecule has 1 atom stereocenters. The van der Waals surface area contributed by atoms with Crippen LogP contribution in [0.5, 0.6) is 0 Å². The van der Waals surface area contributed by atoms with Crippen LogP contribution in [0.25, 0.3) is 0 Å². The molecule has 0 aromatic heterocycles. The number of para-hydroxylation sites is 1. The number of anilines is 1. The summed E-state index contributed by atoms with van der Waals surface area (Å²) in [6.07, 6.45) is -0.236. The highest BCUT2D eigenvalue weighted by Gasteiger charge is 2.30. The van der Waals surface area contributed by atoms with Gasteiger partial charge in [0.25, 0.3) is 5.91 Å². The Balaban J connectivity index is 1.74. The number of hydrogen-bond donors (Lipinski definition) is 0. The number of amides is 1. The van der Waals surface area contributed by atoms with Crippen molar-refractivity contribution in [1.29, 1.82) is 0 Å². The van der Waals surface area contributed by atoms with Crippen molar-refractivity contribution < 1.29 is 22.7 Å². The van der Waals surface area contributed by atoms with Crippen molar-refractivity contribution in [2.45, 2.75) is 38.2 Å². The van der Waals surface area contributed by atoms with Gasteiger partial charge in [-0.2, -0.15) is 4.31 Å². The average Bonchev–Trinajstić information content (AvgIpc) is 3.18. The van der Waals surface area contributed by atoms with E-state index >= 15 is 0 Å². The minimum absolute atomic E-state index is 0.0214. The van der Waals surface area contributed by atoms with Gasteiger partial charge >= 0.3 is 5.97 Å². The number of ether oxygens (including phenoxy) is 1. The van der Waals surface area contributed by atoms with Crippen LogP contribution in [0.4, 0.5) is 5.69 Å². The Morgan fingerprint density at radius 2 is 1.80 bits per heavy atom. The summed E-state index contributed by atoms with van der Waals surface area (Å²) < 4.78 is 32.1. The molecule has 1 aliphatic heterocycles. The van der Waals surface area contributed by atoms with Gasteiger partial charge in [-0.1, -0.05) is 38.1 Å². The molecule has 0 N–H and O–H groups in total. The maximum atomic E-state index is 12.8. The lowest BCUT2D eigenvalue weighted by Gasteiger charge is -2.22. The number of hydrogen-bond acceptors (Lipinski definition) is 5. The molecule has 0 radical (unpaired) electrons. The van der Waals surface area contributed by atoms with Crippen molar-refractivity contribution in [2.75, 3.05) is 24.5 Å². The van der Waals surface area contributed by atoms with Crippen molar-refractivity contribution in [3.63, 3.8) is 0 Å². The second kappa shape index (κ2) is 8.97. The summed E-state index contributed by atoms with van der Waals surface area (Å²) in [6, 6.07) is 13.3. The molecule has 2 aromatic carbocycles. The zero-order valence-corrected chi connectivity index (χ0v) is 18.2. The van der Waals surface area contributed by atoms with Gasteiger partial charge in [-0.3, -0.25) is 4.79 Å². The van der Waals surface area contributed by atoms with Crippen LogP contribution < -0.4 is 4.90 Å². The van der Waals surface area contributed by atoms with Crippen LogP contribution in [0, 0.1) is 0 Å². The number of benzene rings is 2. The summed E-state index contributed by atoms with van der Waals surface area (Å²) in [5.74, 6) is -1.04. The quantitative estimate of drug-likeness (QED) is 0.631. The van der Waals surface area contributed by atoms with Crippen molar-refractivity contribution in [3.05, 3.63) is 59.7 Å². The molecule has 1 amide bonds. The molecule has 1 unspecified atom stereocenters. The maximum Gasteiger partial charge on any atom is 0.338 e. The number of carbonyl (C=O) groups excluding carboxylic acids is 2. The Labute approximate surface area is 177 Å². The molecule has 0 spiro atoms. The number of esters is 1. The molecule has 3 rings (SSSR count). The fourth-order valence-corrected chi connectivity index (χ4v) is 5.07. The molecular formula is C22H26N2O5S. The third-order valence-corrected chi connectivity index (χ3v) is 7.24. The monoisotopic (exact) mass is 430 g/mol. The summed E-state index contributed by atoms with van der Waals surface area (Å²) in [4.78, 5) is 27.1. The predicted molar refractivity (Wildman–Crippen MR) is 114 cm³/mol. The van der Waals surface area contributed by atoms with E-state index in [9.17, 15) is 18.0 Å². The lowest BCUT2D eigenvalue weighted by molar-refractivity contribution is -0.126. The van der Waals surface area contributed by atoms with Crippen LogP contribution in [-0.2, 0) is 26.0 Å². The van der Waals surface area contributed by atoms with E-state index in [4.69, 9.17) is 4.74 Å². The highest BCUT2D eigenvalue weighted by molar-refractivity contribution is 7.89. The zero-order valence-electron chi connectivity index (χ0n) is 17.4. The van der Waals surface area contributed by atoms with E-state index in [2.05, 4.69) is 0 Å². The van der Waals surface area contributed by atoms with Crippen LogP contribution in [0.15, 0.2) is 53.4 Å². The van der Waals surface area contributed by atoms with Gasteiger partial charge in [-0.25, -0.2) is 13.2 Å². The number of nitrogens with zero attached hydrogens (tertiary/aromatic N) is 2. The summed E-state index contributed by atoms with van der Waals surface area (Å²) >= 11 is 0. The number of carbonyl (C=O) groups is 2. The van der Waals surface area contributed by atoms with Crippen LogP contribution in [0.3, 0.4) is 0 Å². The minimum atomic E-state index is -3.70. The van der Waals surface area contributed by atoms with E-state index in [0.29, 0.717) is 19.6 Å². The fraction of sp³-hybridized carbons (Fsp3) is 0.364. The molecule has 1 aliphatic rings. The Kier molecular flexibility index (Phi) is 6.58. The van der Waals surface area contributed by atoms with Gasteiger partial charge in [0.2, 0.25) is 10.0 Å². The first kappa shape index (κ1) is 22.0. The average molecular weight is 431 g/mol. The Bertz CT molecular complexity index is 1050. The summed E-state index contributed by atoms with van der Waals surface area (Å²) in [5.41, 5.74) is 2.00. The molecule has 2 aromatic rings. The standard InChI is InChI=1S/C22H26N2O5S/c1-4-23(5-2)30(27,28)19-11-8-10-18(15-19)22(26)29-16(3)21(25)24-14-13-17-9-6-7-12-20(17)24/h6-12,15-16H,4-5,13-14H2,1-3H3. The van der Waals surface area contributed by atoms with Gasteiger partial charge < -0.3 is 9.64 Å². The van der Waals surface area contributed by atoms with E-state index in [1.54, 1.807) is 18.7 Å². The van der Waals surface area contributed by atoms with Crippen LogP contribution >= 0.6 is 0 Å². The van der Waals surface area contributed by atoms with Crippen LogP contribution in [0.2, 0.25) is 0 Å². The normalized spacial score (nSPS) is 14.5. The number of sulfonamides is 1. The summed E-state index contributed by atoms with van der Waals surface area (Å²) in [7, 11) is -3.70. The predicted octanol–water partition coefficient (Wildman–Crippen LogP) is 2.85. The topological polar surface area (TPSA) is 84.0 Å². The Hall–Kier alpha value is -2.71. The van der Waals surface area contributed by atoms with Gasteiger partial charge in [0.1, 0.15) is 0 Å². The minimum Gasteiger partial charge on any atom is -0.449 e. The molecule has 0 saturated heterocycles. The van der Waals surface area contributed by atoms with Gasteiger partial charge in [0, 0.05) is 25.3 Å². The highest BCUT2D eigenvalue weighted by atomic mass is 32.2. The van der Waals surface area contributed by atoms with Crippen LogP contribution in [0.1, 0.15) is 36.7 Å². The van der Waals surface area contributed by atoms with E-state index in [0.717, 1.165) is 17.7 Å². The van der Waals surface area contributed by atoms with E-state index in [1.807, 2.05) is 24.3 Å². The SMILES string of the molecule is CCN(CC)S(=O)(=O)c1cccc(C(=O)OC(C)C(=O)N2CCc3ccccc32)c1. The number of rotatable bonds is 7. The summed E-state index contributed by atoms with van der Waals surface area (Å²) in [6.45, 7) is 6.23. The highest BCUT2D eigenvalue weighted by Crippen LogP contribution is 2.28. The van der Waals surface area contributed by atoms with Crippen LogP contribution in [-0.4, -0.2) is 50.3 Å². The van der Waals surface area contributed by atoms with E-state index < -0.39 is 22.1 Å². The Morgan fingerprint density at radius 1 is 1.10 bits per heavy atom. The third-order valence-electron chi connectivity index (χ3n) is 5.20. The molecular weight excluding hydrogens is 404 g/mol. The molecule has 160 valence electrons. The zero-order chi connectivity index (χ0) is 21.9. The second-order valence-corrected chi connectivity index (χ2v) is 8.97. The van der Waals surface area contributed by atoms with Gasteiger partial charge in [0.05, 0.1) is 10.5 Å². The van der Waals surface area contributed by atoms with Gasteiger partial charge in [-0.05, 0) is 43.2 Å². The first-order chi connectivity index (χ1) is 14.3. The molecule has 8 heteroatoms. The maximum absolute atomic E-state index is 12.8. The van der Waals surface area contributed by atoms with Gasteiger partial charge in [0.15, 0.2) is 6.10 Å². The second-order valence-electron chi connectivity index (χ2n) is 7.03. The summed E-state index contributed by atoms with van der Waals surface area (Å²) in [5, 5.41) is 0. The third kappa shape index (κ3) is 4.24. The van der Waals surface area contributed by atoms with E-state index in [-0.39, 0.29) is 16.4 Å². The lowest BCUT2D eigenvalue weighted by Crippen LogP contribution is -2.39. The first-order valence-corrected chi connectivity index (χ1v) is 11.4. The smallest absolute Gasteiger partial charge is 0.338 e. The molecule has 30 heavy (non-hydrogen) atoms. The van der Waals surface area contributed by atoms with Crippen molar-refractivity contribution >= 4 is 27.6 Å². The molecule has 0 aliphatic carbocycles. The van der Waals surface area contributed by atoms with Crippen molar-refractivity contribution in [2.24, 2.45) is 0 Å². The number of fused-ring (bicyclic) bond motifs is 1. The first-order valence-electron chi connectivity index (χ1n) is 10.00. The molecule has 0 saturated carbocycles. The van der Waals surface area contributed by atoms with Crippen molar-refractivity contribution in [3.8, 4) is 0 Å². The van der Waals surface area contributed by atoms with Crippen molar-refractivity contribution in [1.82, 2.24) is 4.31 Å². The molecule has 1 heterocycles. The Morgan fingerprint density at radius 3 is 2.50 bits per heavy atom. The largest absolute Gasteiger partial charge is 0.449 e. The fourth-order valence-electron chi connectivity index (χ4n) is 3.56. The lowest BCUT2D eigenvalue weighted by atomic mass is 10.2. The molecule has 0 fully saturated rings. The van der Waals surface area contributed by atoms with Gasteiger partial charge in [-0.15, -0.1) is 0 Å². The molecule has 0 bridgehead atoms. The van der Waals surface area contributed by atoms with E-state index in [1.165, 1.54) is 35.5 Å².